The summed E-state index contributed by atoms with van der Waals surface area (Å²) in [6.07, 6.45) is 8.55. The van der Waals surface area contributed by atoms with Crippen molar-refractivity contribution in [1.29, 1.82) is 0 Å². The third-order valence-corrected chi connectivity index (χ3v) is 3.23. The molecule has 1 aromatic heterocycles. The second-order valence-electron chi connectivity index (χ2n) is 4.48. The van der Waals surface area contributed by atoms with Gasteiger partial charge in [-0.1, -0.05) is 19.3 Å². The van der Waals surface area contributed by atoms with Gasteiger partial charge in [0.2, 0.25) is 0 Å². The number of nitrogens with two attached hydrogens (primary N) is 1. The molecule has 3 heteroatoms. The number of hydrogen-bond acceptors (Lipinski definition) is 3. The molecule has 2 rings (SSSR count). The van der Waals surface area contributed by atoms with Gasteiger partial charge in [0.1, 0.15) is 5.82 Å². The fraction of sp³-hybridized carbons (Fsp3) is 0.615. The topological polar surface area (TPSA) is 42.1 Å². The lowest BCUT2D eigenvalue weighted by Crippen LogP contribution is -2.27. The van der Waals surface area contributed by atoms with Gasteiger partial charge in [-0.2, -0.15) is 0 Å². The average molecular weight is 219 g/mol. The van der Waals surface area contributed by atoms with Crippen molar-refractivity contribution in [2.45, 2.75) is 38.6 Å². The van der Waals surface area contributed by atoms with Gasteiger partial charge >= 0.3 is 0 Å². The summed E-state index contributed by atoms with van der Waals surface area (Å²) >= 11 is 0. The van der Waals surface area contributed by atoms with Crippen LogP contribution in [0.2, 0.25) is 0 Å². The van der Waals surface area contributed by atoms with E-state index in [1.54, 1.807) is 0 Å². The van der Waals surface area contributed by atoms with E-state index in [1.807, 2.05) is 12.3 Å². The Morgan fingerprint density at radius 2 is 1.81 bits per heavy atom. The van der Waals surface area contributed by atoms with E-state index in [4.69, 9.17) is 5.73 Å². The second kappa shape index (κ2) is 5.85. The maximum atomic E-state index is 5.66. The van der Waals surface area contributed by atoms with Crippen molar-refractivity contribution < 1.29 is 0 Å². The van der Waals surface area contributed by atoms with Gasteiger partial charge in [-0.25, -0.2) is 4.98 Å². The van der Waals surface area contributed by atoms with E-state index in [1.165, 1.54) is 37.7 Å². The van der Waals surface area contributed by atoms with Crippen LogP contribution in [-0.4, -0.2) is 18.1 Å². The summed E-state index contributed by atoms with van der Waals surface area (Å²) in [5.41, 5.74) is 6.83. The molecule has 0 amide bonds. The van der Waals surface area contributed by atoms with Gasteiger partial charge in [0, 0.05) is 25.8 Å². The molecule has 0 unspecified atom stereocenters. The molecule has 1 aliphatic rings. The molecule has 1 aliphatic heterocycles. The fourth-order valence-corrected chi connectivity index (χ4v) is 2.24. The van der Waals surface area contributed by atoms with E-state index in [-0.39, 0.29) is 0 Å². The zero-order valence-electron chi connectivity index (χ0n) is 9.86. The summed E-state index contributed by atoms with van der Waals surface area (Å²) in [5, 5.41) is 0. The van der Waals surface area contributed by atoms with Crippen LogP contribution in [0, 0.1) is 0 Å². The predicted octanol–water partition coefficient (Wildman–Crippen LogP) is 2.31. The normalized spacial score (nSPS) is 17.9. The van der Waals surface area contributed by atoms with Crippen LogP contribution in [-0.2, 0) is 6.54 Å². The molecule has 0 aliphatic carbocycles. The molecule has 1 fully saturated rings. The number of aromatic nitrogens is 1. The zero-order chi connectivity index (χ0) is 11.2. The van der Waals surface area contributed by atoms with Crippen LogP contribution in [0.1, 0.15) is 37.7 Å². The highest BCUT2D eigenvalue weighted by atomic mass is 15.2. The maximum absolute atomic E-state index is 5.66. The van der Waals surface area contributed by atoms with Crippen LogP contribution in [0.15, 0.2) is 18.3 Å². The molecule has 3 nitrogen and oxygen atoms in total. The Kier molecular flexibility index (Phi) is 4.17. The molecule has 0 bridgehead atoms. The van der Waals surface area contributed by atoms with Gasteiger partial charge in [0.25, 0.3) is 0 Å². The van der Waals surface area contributed by atoms with Gasteiger partial charge in [-0.3, -0.25) is 0 Å². The molecule has 0 aromatic carbocycles. The maximum Gasteiger partial charge on any atom is 0.128 e. The lowest BCUT2D eigenvalue weighted by molar-refractivity contribution is 0.553. The zero-order valence-corrected chi connectivity index (χ0v) is 9.86. The molecule has 0 radical (unpaired) electrons. The smallest absolute Gasteiger partial charge is 0.128 e. The highest BCUT2D eigenvalue weighted by Gasteiger charge is 2.10. The monoisotopic (exact) mass is 219 g/mol. The molecule has 0 saturated carbocycles. The predicted molar refractivity (Wildman–Crippen MR) is 67.4 cm³/mol. The lowest BCUT2D eigenvalue weighted by atomic mass is 10.1. The van der Waals surface area contributed by atoms with Crippen LogP contribution in [0.25, 0.3) is 0 Å². The Hall–Kier alpha value is -1.09. The summed E-state index contributed by atoms with van der Waals surface area (Å²) < 4.78 is 0. The molecule has 0 atom stereocenters. The summed E-state index contributed by atoms with van der Waals surface area (Å²) in [7, 11) is 0. The molecule has 88 valence electrons. The van der Waals surface area contributed by atoms with Gasteiger partial charge < -0.3 is 10.6 Å². The number of hydrogen-bond donors (Lipinski definition) is 1. The minimum Gasteiger partial charge on any atom is -0.357 e. The highest BCUT2D eigenvalue weighted by molar-refractivity contribution is 5.40. The SMILES string of the molecule is NCc1ccnc(N2CCCCCCC2)c1. The number of anilines is 1. The van der Waals surface area contributed by atoms with Gasteiger partial charge in [0.05, 0.1) is 0 Å². The quantitative estimate of drug-likeness (QED) is 0.830. The third-order valence-electron chi connectivity index (χ3n) is 3.23. The van der Waals surface area contributed by atoms with E-state index < -0.39 is 0 Å². The first-order valence-electron chi connectivity index (χ1n) is 6.30. The van der Waals surface area contributed by atoms with E-state index in [2.05, 4.69) is 16.0 Å². The Labute approximate surface area is 97.7 Å². The second-order valence-corrected chi connectivity index (χ2v) is 4.48. The van der Waals surface area contributed by atoms with Crippen LogP contribution in [0.4, 0.5) is 5.82 Å². The summed E-state index contributed by atoms with van der Waals surface area (Å²) in [6.45, 7) is 2.88. The molecular weight excluding hydrogens is 198 g/mol. The minimum absolute atomic E-state index is 0.601. The standard InChI is InChI=1S/C13H21N3/c14-11-12-6-7-15-13(10-12)16-8-4-2-1-3-5-9-16/h6-7,10H,1-5,8-9,11,14H2. The summed E-state index contributed by atoms with van der Waals surface area (Å²) in [5.74, 6) is 1.10. The van der Waals surface area contributed by atoms with Gasteiger partial charge in [-0.05, 0) is 30.5 Å². The van der Waals surface area contributed by atoms with Crippen molar-refractivity contribution in [2.75, 3.05) is 18.0 Å². The van der Waals surface area contributed by atoms with Crippen molar-refractivity contribution in [3.8, 4) is 0 Å². The van der Waals surface area contributed by atoms with Crippen molar-refractivity contribution in [3.63, 3.8) is 0 Å². The number of rotatable bonds is 2. The Morgan fingerprint density at radius 3 is 2.50 bits per heavy atom. The van der Waals surface area contributed by atoms with Crippen LogP contribution < -0.4 is 10.6 Å². The highest BCUT2D eigenvalue weighted by Crippen LogP contribution is 2.17. The Bertz CT molecular complexity index is 317. The molecule has 2 heterocycles. The minimum atomic E-state index is 0.601. The number of nitrogens with zero attached hydrogens (tertiary/aromatic N) is 2. The van der Waals surface area contributed by atoms with Crippen molar-refractivity contribution in [3.05, 3.63) is 23.9 Å². The summed E-state index contributed by atoms with van der Waals surface area (Å²) in [6, 6.07) is 4.12. The fourth-order valence-electron chi connectivity index (χ4n) is 2.24. The molecule has 2 N–H and O–H groups in total. The van der Waals surface area contributed by atoms with Crippen LogP contribution in [0.3, 0.4) is 0 Å². The first kappa shape index (κ1) is 11.4. The third kappa shape index (κ3) is 2.95. The molecular formula is C13H21N3. The van der Waals surface area contributed by atoms with E-state index in [0.717, 1.165) is 18.9 Å². The first-order valence-corrected chi connectivity index (χ1v) is 6.30. The molecule has 0 spiro atoms. The van der Waals surface area contributed by atoms with Crippen LogP contribution >= 0.6 is 0 Å². The molecule has 16 heavy (non-hydrogen) atoms. The van der Waals surface area contributed by atoms with Crippen LogP contribution in [0.5, 0.6) is 0 Å². The van der Waals surface area contributed by atoms with Crippen molar-refractivity contribution in [2.24, 2.45) is 5.73 Å². The molecule has 1 aromatic rings. The van der Waals surface area contributed by atoms with E-state index >= 15 is 0 Å². The number of pyridine rings is 1. The van der Waals surface area contributed by atoms with E-state index in [0.29, 0.717) is 6.54 Å². The lowest BCUT2D eigenvalue weighted by Gasteiger charge is -2.26. The van der Waals surface area contributed by atoms with Crippen molar-refractivity contribution in [1.82, 2.24) is 4.98 Å². The van der Waals surface area contributed by atoms with Crippen molar-refractivity contribution >= 4 is 5.82 Å². The summed E-state index contributed by atoms with van der Waals surface area (Å²) in [4.78, 5) is 6.85. The first-order chi connectivity index (χ1) is 7.90. The van der Waals surface area contributed by atoms with E-state index in [9.17, 15) is 0 Å². The van der Waals surface area contributed by atoms with Gasteiger partial charge in [-0.15, -0.1) is 0 Å². The average Bonchev–Trinajstić information content (AvgIpc) is 2.29. The largest absolute Gasteiger partial charge is 0.357 e. The Morgan fingerprint density at radius 1 is 1.12 bits per heavy atom. The Balaban J connectivity index is 2.07. The van der Waals surface area contributed by atoms with Gasteiger partial charge in [0.15, 0.2) is 0 Å². The molecule has 1 saturated heterocycles.